The first-order chi connectivity index (χ1) is 15.3. The third-order valence-electron chi connectivity index (χ3n) is 5.80. The van der Waals surface area contributed by atoms with Crippen LogP contribution in [0.25, 0.3) is 0 Å². The van der Waals surface area contributed by atoms with Gasteiger partial charge >= 0.3 is 0 Å². The number of amides is 1. The van der Waals surface area contributed by atoms with E-state index in [4.69, 9.17) is 9.47 Å². The van der Waals surface area contributed by atoms with E-state index < -0.39 is 0 Å². The van der Waals surface area contributed by atoms with E-state index in [0.29, 0.717) is 0 Å². The molecule has 0 fully saturated rings. The number of ether oxygens (including phenoxy) is 2. The van der Waals surface area contributed by atoms with Gasteiger partial charge in [-0.25, -0.2) is 0 Å². The normalized spacial score (nSPS) is 11.2. The van der Waals surface area contributed by atoms with Crippen molar-refractivity contribution in [2.75, 3.05) is 19.5 Å². The highest BCUT2D eigenvalue weighted by Crippen LogP contribution is 2.28. The third-order valence-corrected chi connectivity index (χ3v) is 5.80. The molecule has 0 aromatic heterocycles. The lowest BCUT2D eigenvalue weighted by Crippen LogP contribution is -2.25. The van der Waals surface area contributed by atoms with Gasteiger partial charge in [0.2, 0.25) is 5.91 Å². The molecular weight excluding hydrogens is 402 g/mol. The zero-order chi connectivity index (χ0) is 23.6. The Morgan fingerprint density at radius 3 is 2.25 bits per heavy atom. The molecule has 0 saturated carbocycles. The second kappa shape index (κ2) is 12.3. The molecule has 5 nitrogen and oxygen atoms in total. The van der Waals surface area contributed by atoms with E-state index in [1.807, 2.05) is 44.2 Å². The largest absolute Gasteiger partial charge is 0.493 e. The molecule has 0 heterocycles. The van der Waals surface area contributed by atoms with Crippen LogP contribution in [0.2, 0.25) is 0 Å². The zero-order valence-electron chi connectivity index (χ0n) is 20.1. The van der Waals surface area contributed by atoms with Crippen LogP contribution in [0.1, 0.15) is 64.0 Å². The van der Waals surface area contributed by atoms with Crippen molar-refractivity contribution < 1.29 is 19.1 Å². The van der Waals surface area contributed by atoms with Gasteiger partial charge in [-0.2, -0.15) is 0 Å². The first kappa shape index (κ1) is 25.4. The number of rotatable bonds is 13. The summed E-state index contributed by atoms with van der Waals surface area (Å²) in [5, 5.41) is 2.94. The Bertz CT molecular complexity index is 904. The lowest BCUT2D eigenvalue weighted by atomic mass is 9.81. The number of ketones is 1. The molecule has 0 unspecified atom stereocenters. The number of benzene rings is 2. The van der Waals surface area contributed by atoms with Crippen LogP contribution in [-0.4, -0.2) is 25.9 Å². The lowest BCUT2D eigenvalue weighted by Gasteiger charge is -2.22. The maximum Gasteiger partial charge on any atom is 0.224 e. The summed E-state index contributed by atoms with van der Waals surface area (Å²) in [6.07, 6.45) is 5.12. The van der Waals surface area contributed by atoms with Crippen molar-refractivity contribution >= 4 is 17.4 Å². The van der Waals surface area contributed by atoms with Crippen molar-refractivity contribution in [3.05, 3.63) is 53.6 Å². The summed E-state index contributed by atoms with van der Waals surface area (Å²) >= 11 is 0. The number of carbonyl (C=O) groups is 2. The van der Waals surface area contributed by atoms with Crippen LogP contribution in [0.3, 0.4) is 0 Å². The summed E-state index contributed by atoms with van der Waals surface area (Å²) < 4.78 is 10.7. The van der Waals surface area contributed by atoms with Crippen LogP contribution in [0.4, 0.5) is 5.69 Å². The third kappa shape index (κ3) is 7.70. The molecule has 0 aliphatic heterocycles. The fourth-order valence-electron chi connectivity index (χ4n) is 3.89. The fraction of sp³-hybridized carbons (Fsp3) is 0.481. The van der Waals surface area contributed by atoms with E-state index in [9.17, 15) is 9.59 Å². The summed E-state index contributed by atoms with van der Waals surface area (Å²) in [6.45, 7) is 5.99. The van der Waals surface area contributed by atoms with Crippen LogP contribution in [-0.2, 0) is 22.4 Å². The van der Waals surface area contributed by atoms with Gasteiger partial charge in [0.05, 0.1) is 14.2 Å². The van der Waals surface area contributed by atoms with Gasteiger partial charge in [-0.05, 0) is 61.1 Å². The monoisotopic (exact) mass is 439 g/mol. The zero-order valence-corrected chi connectivity index (χ0v) is 20.1. The highest BCUT2D eigenvalue weighted by molar-refractivity contribution is 5.94. The molecule has 5 heteroatoms. The van der Waals surface area contributed by atoms with E-state index in [-0.39, 0.29) is 29.9 Å². The summed E-state index contributed by atoms with van der Waals surface area (Å²) in [6, 6.07) is 13.9. The van der Waals surface area contributed by atoms with E-state index in [0.717, 1.165) is 49.3 Å². The highest BCUT2D eigenvalue weighted by atomic mass is 16.5. The average Bonchev–Trinajstić information content (AvgIpc) is 2.77. The van der Waals surface area contributed by atoms with Gasteiger partial charge in [0.25, 0.3) is 0 Å². The van der Waals surface area contributed by atoms with Crippen molar-refractivity contribution in [2.45, 2.75) is 65.7 Å². The molecule has 0 saturated heterocycles. The maximum atomic E-state index is 12.4. The van der Waals surface area contributed by atoms with E-state index in [2.05, 4.69) is 24.4 Å². The number of hydrogen-bond donors (Lipinski definition) is 1. The minimum absolute atomic E-state index is 0.117. The predicted molar refractivity (Wildman–Crippen MR) is 130 cm³/mol. The summed E-state index contributed by atoms with van der Waals surface area (Å²) in [7, 11) is 3.28. The van der Waals surface area contributed by atoms with Crippen LogP contribution in [0.5, 0.6) is 11.5 Å². The van der Waals surface area contributed by atoms with E-state index in [1.165, 1.54) is 11.1 Å². The van der Waals surface area contributed by atoms with E-state index >= 15 is 0 Å². The number of carbonyl (C=O) groups excluding carboxylic acids is 2. The minimum Gasteiger partial charge on any atom is -0.493 e. The number of nitrogens with one attached hydrogen (secondary N) is 1. The van der Waals surface area contributed by atoms with Crippen molar-refractivity contribution in [3.63, 3.8) is 0 Å². The van der Waals surface area contributed by atoms with E-state index in [1.54, 1.807) is 14.2 Å². The van der Waals surface area contributed by atoms with Crippen molar-refractivity contribution in [1.29, 1.82) is 0 Å². The smallest absolute Gasteiger partial charge is 0.224 e. The molecule has 1 amide bonds. The van der Waals surface area contributed by atoms with Gasteiger partial charge in [-0.3, -0.25) is 9.59 Å². The number of aryl methyl sites for hydroxylation is 2. The molecule has 0 atom stereocenters. The van der Waals surface area contributed by atoms with Crippen molar-refractivity contribution in [2.24, 2.45) is 5.41 Å². The van der Waals surface area contributed by atoms with Gasteiger partial charge in [0.15, 0.2) is 11.5 Å². The van der Waals surface area contributed by atoms with Crippen molar-refractivity contribution in [3.8, 4) is 11.5 Å². The summed E-state index contributed by atoms with van der Waals surface area (Å²) in [5.41, 5.74) is 2.79. The molecule has 0 aliphatic carbocycles. The summed E-state index contributed by atoms with van der Waals surface area (Å²) in [5.74, 6) is 1.51. The van der Waals surface area contributed by atoms with Gasteiger partial charge in [0, 0.05) is 23.9 Å². The Morgan fingerprint density at radius 2 is 1.59 bits per heavy atom. The SMILES string of the molecule is CCCC(C)(C)C(=O)CCC(=O)Nc1cccc(CCCc2ccc(OC)c(OC)c2)c1. The van der Waals surface area contributed by atoms with Crippen LogP contribution < -0.4 is 14.8 Å². The number of Topliss-reactive ketones (excluding diaryl/α,β-unsaturated/α-hetero) is 1. The molecule has 32 heavy (non-hydrogen) atoms. The van der Waals surface area contributed by atoms with Gasteiger partial charge in [-0.15, -0.1) is 0 Å². The molecule has 0 radical (unpaired) electrons. The number of methoxy groups -OCH3 is 2. The van der Waals surface area contributed by atoms with Gasteiger partial charge in [-0.1, -0.05) is 45.4 Å². The second-order valence-corrected chi connectivity index (χ2v) is 8.85. The molecule has 2 aromatic carbocycles. The predicted octanol–water partition coefficient (Wildman–Crippen LogP) is 5.99. The first-order valence-electron chi connectivity index (χ1n) is 11.4. The molecule has 0 bridgehead atoms. The number of hydrogen-bond acceptors (Lipinski definition) is 4. The Hall–Kier alpha value is -2.82. The molecule has 2 aromatic rings. The average molecular weight is 440 g/mol. The molecule has 0 spiro atoms. The standard InChI is InChI=1S/C27H37NO4/c1-6-17-27(2,3)25(29)15-16-26(30)28-22-12-8-11-20(18-22)9-7-10-21-13-14-23(31-4)24(19-21)32-5/h8,11-14,18-19H,6-7,9-10,15-17H2,1-5H3,(H,28,30). The first-order valence-corrected chi connectivity index (χ1v) is 11.4. The highest BCUT2D eigenvalue weighted by Gasteiger charge is 2.26. The quantitative estimate of drug-likeness (QED) is 0.416. The fourth-order valence-corrected chi connectivity index (χ4v) is 3.89. The minimum atomic E-state index is -0.358. The maximum absolute atomic E-state index is 12.4. The van der Waals surface area contributed by atoms with Gasteiger partial charge in [0.1, 0.15) is 5.78 Å². The Balaban J connectivity index is 1.84. The second-order valence-electron chi connectivity index (χ2n) is 8.85. The Morgan fingerprint density at radius 1 is 0.906 bits per heavy atom. The Kier molecular flexibility index (Phi) is 9.76. The van der Waals surface area contributed by atoms with Crippen LogP contribution >= 0.6 is 0 Å². The van der Waals surface area contributed by atoms with Crippen LogP contribution in [0, 0.1) is 5.41 Å². The molecular formula is C27H37NO4. The topological polar surface area (TPSA) is 64.6 Å². The lowest BCUT2D eigenvalue weighted by molar-refractivity contribution is -0.129. The Labute approximate surface area is 192 Å². The van der Waals surface area contributed by atoms with Gasteiger partial charge < -0.3 is 14.8 Å². The van der Waals surface area contributed by atoms with Crippen LogP contribution in [0.15, 0.2) is 42.5 Å². The molecule has 2 rings (SSSR count). The summed E-state index contributed by atoms with van der Waals surface area (Å²) in [4.78, 5) is 24.7. The molecule has 174 valence electrons. The molecule has 0 aliphatic rings. The molecule has 1 N–H and O–H groups in total. The van der Waals surface area contributed by atoms with Crippen molar-refractivity contribution in [1.82, 2.24) is 0 Å². The number of anilines is 1.